The zero-order valence-corrected chi connectivity index (χ0v) is 12.4. The molecule has 7 nitrogen and oxygen atoms in total. The normalized spacial score (nSPS) is 16.5. The summed E-state index contributed by atoms with van der Waals surface area (Å²) in [6.07, 6.45) is 8.78. The van der Waals surface area contributed by atoms with Crippen LogP contribution in [0.1, 0.15) is 12.8 Å². The van der Waals surface area contributed by atoms with Gasteiger partial charge in [0.25, 0.3) is 0 Å². The molecule has 2 aromatic heterocycles. The van der Waals surface area contributed by atoms with Crippen molar-refractivity contribution >= 4 is 5.82 Å². The maximum absolute atomic E-state index is 11.6. The number of hydrogen-bond donors (Lipinski definition) is 1. The molecule has 1 N–H and O–H groups in total. The van der Waals surface area contributed by atoms with E-state index in [-0.39, 0.29) is 5.69 Å². The Balaban J connectivity index is 1.44. The van der Waals surface area contributed by atoms with E-state index in [1.54, 1.807) is 29.4 Å². The van der Waals surface area contributed by atoms with Crippen LogP contribution in [0.5, 0.6) is 0 Å². The molecule has 2 aromatic rings. The monoisotopic (exact) mass is 300 g/mol. The van der Waals surface area contributed by atoms with Crippen LogP contribution in [-0.4, -0.2) is 50.1 Å². The van der Waals surface area contributed by atoms with E-state index in [4.69, 9.17) is 0 Å². The molecule has 22 heavy (non-hydrogen) atoms. The Morgan fingerprint density at radius 3 is 2.77 bits per heavy atom. The van der Waals surface area contributed by atoms with Crippen LogP contribution in [0.3, 0.4) is 0 Å². The van der Waals surface area contributed by atoms with Crippen LogP contribution >= 0.6 is 0 Å². The Morgan fingerprint density at radius 2 is 2.05 bits per heavy atom. The average molecular weight is 300 g/mol. The molecular formula is C15H20N6O. The third-order valence-electron chi connectivity index (χ3n) is 3.96. The zero-order valence-electron chi connectivity index (χ0n) is 12.4. The molecule has 0 spiro atoms. The van der Waals surface area contributed by atoms with Gasteiger partial charge in [0.2, 0.25) is 0 Å². The fourth-order valence-electron chi connectivity index (χ4n) is 2.69. The van der Waals surface area contributed by atoms with E-state index in [9.17, 15) is 4.79 Å². The van der Waals surface area contributed by atoms with E-state index in [1.807, 2.05) is 6.07 Å². The van der Waals surface area contributed by atoms with Gasteiger partial charge in [0.05, 0.1) is 0 Å². The van der Waals surface area contributed by atoms with Gasteiger partial charge >= 0.3 is 5.69 Å². The van der Waals surface area contributed by atoms with Gasteiger partial charge in [-0.25, -0.2) is 19.7 Å². The van der Waals surface area contributed by atoms with Crippen LogP contribution in [0.25, 0.3) is 0 Å². The van der Waals surface area contributed by atoms with E-state index in [2.05, 4.69) is 25.2 Å². The minimum Gasteiger partial charge on any atom is -0.367 e. The summed E-state index contributed by atoms with van der Waals surface area (Å²) < 4.78 is 1.66. The minimum atomic E-state index is -0.178. The maximum atomic E-state index is 11.6. The summed E-state index contributed by atoms with van der Waals surface area (Å²) in [5.41, 5.74) is -0.178. The zero-order chi connectivity index (χ0) is 15.2. The molecule has 0 amide bonds. The van der Waals surface area contributed by atoms with Gasteiger partial charge in [0, 0.05) is 50.8 Å². The van der Waals surface area contributed by atoms with Gasteiger partial charge in [-0.1, -0.05) is 0 Å². The molecule has 3 rings (SSSR count). The van der Waals surface area contributed by atoms with E-state index < -0.39 is 0 Å². The van der Waals surface area contributed by atoms with E-state index in [0.29, 0.717) is 12.6 Å². The summed E-state index contributed by atoms with van der Waals surface area (Å²) in [7, 11) is 0. The van der Waals surface area contributed by atoms with Gasteiger partial charge in [-0.2, -0.15) is 0 Å². The minimum absolute atomic E-state index is 0.178. The quantitative estimate of drug-likeness (QED) is 0.872. The molecule has 0 unspecified atom stereocenters. The number of aromatic nitrogens is 4. The third kappa shape index (κ3) is 3.88. The van der Waals surface area contributed by atoms with Crippen LogP contribution in [0.2, 0.25) is 0 Å². The molecule has 7 heteroatoms. The van der Waals surface area contributed by atoms with Crippen molar-refractivity contribution in [1.29, 1.82) is 0 Å². The summed E-state index contributed by atoms with van der Waals surface area (Å²) in [6, 6.07) is 4.13. The van der Waals surface area contributed by atoms with Crippen molar-refractivity contribution in [3.8, 4) is 0 Å². The summed E-state index contributed by atoms with van der Waals surface area (Å²) >= 11 is 0. The highest BCUT2D eigenvalue weighted by Crippen LogP contribution is 2.14. The van der Waals surface area contributed by atoms with E-state index in [0.717, 1.165) is 38.3 Å². The largest absolute Gasteiger partial charge is 0.367 e. The Kier molecular flexibility index (Phi) is 4.75. The standard InChI is InChI=1S/C15H20N6O/c22-15-17-5-1-7-21(15)11-10-20-8-3-13(4-9-20)19-14-2-6-16-12-18-14/h1-2,5-7,12-13H,3-4,8-11H2,(H,16,18,19). The molecule has 0 radical (unpaired) electrons. The van der Waals surface area contributed by atoms with Crippen molar-refractivity contribution in [2.24, 2.45) is 0 Å². The number of likely N-dealkylation sites (tertiary alicyclic amines) is 1. The van der Waals surface area contributed by atoms with Gasteiger partial charge < -0.3 is 10.2 Å². The smallest absolute Gasteiger partial charge is 0.347 e. The number of anilines is 1. The van der Waals surface area contributed by atoms with Crippen molar-refractivity contribution in [2.75, 3.05) is 25.0 Å². The summed E-state index contributed by atoms with van der Waals surface area (Å²) in [4.78, 5) is 25.8. The lowest BCUT2D eigenvalue weighted by molar-refractivity contribution is 0.210. The first kappa shape index (κ1) is 14.6. The molecule has 0 aromatic carbocycles. The second-order valence-corrected chi connectivity index (χ2v) is 5.45. The van der Waals surface area contributed by atoms with Gasteiger partial charge in [-0.15, -0.1) is 0 Å². The van der Waals surface area contributed by atoms with Crippen molar-refractivity contribution in [2.45, 2.75) is 25.4 Å². The third-order valence-corrected chi connectivity index (χ3v) is 3.96. The lowest BCUT2D eigenvalue weighted by atomic mass is 10.1. The number of hydrogen-bond acceptors (Lipinski definition) is 6. The molecule has 1 aliphatic heterocycles. The van der Waals surface area contributed by atoms with Gasteiger partial charge in [-0.3, -0.25) is 4.57 Å². The second kappa shape index (κ2) is 7.13. The Bertz CT molecular complexity index is 636. The number of rotatable bonds is 5. The van der Waals surface area contributed by atoms with Crippen LogP contribution in [0.15, 0.2) is 41.8 Å². The summed E-state index contributed by atoms with van der Waals surface area (Å²) in [5.74, 6) is 0.885. The molecule has 0 saturated carbocycles. The highest BCUT2D eigenvalue weighted by molar-refractivity contribution is 5.33. The maximum Gasteiger partial charge on any atom is 0.347 e. The Labute approximate surface area is 129 Å². The van der Waals surface area contributed by atoms with Crippen LogP contribution in [0, 0.1) is 0 Å². The fourth-order valence-corrected chi connectivity index (χ4v) is 2.69. The molecule has 1 fully saturated rings. The van der Waals surface area contributed by atoms with Crippen LogP contribution < -0.4 is 11.0 Å². The predicted octanol–water partition coefficient (Wildman–Crippen LogP) is 0.610. The lowest BCUT2D eigenvalue weighted by Gasteiger charge is -2.32. The topological polar surface area (TPSA) is 75.9 Å². The number of nitrogens with one attached hydrogen (secondary N) is 1. The van der Waals surface area contributed by atoms with E-state index >= 15 is 0 Å². The van der Waals surface area contributed by atoms with Gasteiger partial charge in [0.15, 0.2) is 0 Å². The molecule has 0 atom stereocenters. The molecule has 116 valence electrons. The molecule has 0 bridgehead atoms. The lowest BCUT2D eigenvalue weighted by Crippen LogP contribution is -2.41. The van der Waals surface area contributed by atoms with Gasteiger partial charge in [0.1, 0.15) is 12.1 Å². The fraction of sp³-hybridized carbons (Fsp3) is 0.467. The first-order valence-corrected chi connectivity index (χ1v) is 7.57. The SMILES string of the molecule is O=c1ncccn1CCN1CCC(Nc2ccncn2)CC1. The first-order valence-electron chi connectivity index (χ1n) is 7.57. The van der Waals surface area contributed by atoms with E-state index in [1.165, 1.54) is 6.20 Å². The van der Waals surface area contributed by atoms with Crippen molar-refractivity contribution in [1.82, 2.24) is 24.4 Å². The molecule has 3 heterocycles. The average Bonchev–Trinajstić information content (AvgIpc) is 2.56. The van der Waals surface area contributed by atoms with Crippen molar-refractivity contribution in [3.63, 3.8) is 0 Å². The van der Waals surface area contributed by atoms with Crippen LogP contribution in [-0.2, 0) is 6.54 Å². The molecule has 1 aliphatic rings. The molecular weight excluding hydrogens is 280 g/mol. The van der Waals surface area contributed by atoms with Crippen molar-refractivity contribution in [3.05, 3.63) is 47.5 Å². The highest BCUT2D eigenvalue weighted by Gasteiger charge is 2.19. The number of nitrogens with zero attached hydrogens (tertiary/aromatic N) is 5. The second-order valence-electron chi connectivity index (χ2n) is 5.45. The highest BCUT2D eigenvalue weighted by atomic mass is 16.1. The predicted molar refractivity (Wildman–Crippen MR) is 83.6 cm³/mol. The Hall–Kier alpha value is -2.28. The van der Waals surface area contributed by atoms with Crippen LogP contribution in [0.4, 0.5) is 5.82 Å². The molecule has 0 aliphatic carbocycles. The summed E-state index contributed by atoms with van der Waals surface area (Å²) in [6.45, 7) is 3.62. The van der Waals surface area contributed by atoms with Gasteiger partial charge in [-0.05, 0) is 25.0 Å². The van der Waals surface area contributed by atoms with Crippen molar-refractivity contribution < 1.29 is 0 Å². The Morgan fingerprint density at radius 1 is 1.18 bits per heavy atom. The number of piperidine rings is 1. The first-order chi connectivity index (χ1) is 10.8. The summed E-state index contributed by atoms with van der Waals surface area (Å²) in [5, 5.41) is 3.44. The molecule has 1 saturated heterocycles.